The molecule has 0 radical (unpaired) electrons. The van der Waals surface area contributed by atoms with Gasteiger partial charge in [0.25, 0.3) is 11.5 Å². The van der Waals surface area contributed by atoms with Crippen molar-refractivity contribution < 1.29 is 9.90 Å². The highest BCUT2D eigenvalue weighted by molar-refractivity contribution is 7.13. The van der Waals surface area contributed by atoms with Gasteiger partial charge in [0.2, 0.25) is 0 Å². The Hall–Kier alpha value is -3.00. The minimum absolute atomic E-state index is 0.249. The first-order chi connectivity index (χ1) is 11.0. The number of amides is 1. The summed E-state index contributed by atoms with van der Waals surface area (Å²) in [7, 11) is 0. The maximum atomic E-state index is 12.2. The monoisotopic (exact) mass is 328 g/mol. The molecule has 0 unspecified atom stereocenters. The summed E-state index contributed by atoms with van der Waals surface area (Å²) in [6.45, 7) is 1.88. The zero-order valence-corrected chi connectivity index (χ0v) is 12.9. The number of hydrogen-bond donors (Lipinski definition) is 2. The second-order valence-corrected chi connectivity index (χ2v) is 5.65. The molecule has 0 aliphatic rings. The third-order valence-electron chi connectivity index (χ3n) is 3.03. The molecular formula is C15H12N4O3S. The van der Waals surface area contributed by atoms with Gasteiger partial charge in [-0.2, -0.15) is 9.78 Å². The van der Waals surface area contributed by atoms with Gasteiger partial charge in [0, 0.05) is 17.6 Å². The van der Waals surface area contributed by atoms with Crippen molar-refractivity contribution in [1.29, 1.82) is 0 Å². The SMILES string of the molecule is Cc1cccc(-n2nc(C(=O)Nc3nccs3)c(O)cc2=O)c1. The normalized spacial score (nSPS) is 10.5. The van der Waals surface area contributed by atoms with Gasteiger partial charge in [-0.05, 0) is 24.6 Å². The minimum atomic E-state index is -0.640. The van der Waals surface area contributed by atoms with Crippen LogP contribution in [-0.4, -0.2) is 25.8 Å². The van der Waals surface area contributed by atoms with E-state index in [0.29, 0.717) is 10.8 Å². The second-order valence-electron chi connectivity index (χ2n) is 4.76. The summed E-state index contributed by atoms with van der Waals surface area (Å²) in [6.07, 6.45) is 1.54. The van der Waals surface area contributed by atoms with Crippen molar-refractivity contribution in [3.8, 4) is 11.4 Å². The molecule has 0 aliphatic carbocycles. The van der Waals surface area contributed by atoms with Crippen molar-refractivity contribution >= 4 is 22.4 Å². The number of aryl methyl sites for hydroxylation is 1. The van der Waals surface area contributed by atoms with Crippen LogP contribution >= 0.6 is 11.3 Å². The van der Waals surface area contributed by atoms with Gasteiger partial charge in [0.1, 0.15) is 0 Å². The number of nitrogens with zero attached hydrogens (tertiary/aromatic N) is 3. The van der Waals surface area contributed by atoms with Crippen LogP contribution in [0.4, 0.5) is 5.13 Å². The lowest BCUT2D eigenvalue weighted by Gasteiger charge is -2.09. The van der Waals surface area contributed by atoms with E-state index in [0.717, 1.165) is 16.3 Å². The van der Waals surface area contributed by atoms with E-state index in [9.17, 15) is 14.7 Å². The average Bonchev–Trinajstić information content (AvgIpc) is 3.00. The highest BCUT2D eigenvalue weighted by Gasteiger charge is 2.17. The largest absolute Gasteiger partial charge is 0.505 e. The molecule has 0 atom stereocenters. The lowest BCUT2D eigenvalue weighted by molar-refractivity contribution is 0.101. The van der Waals surface area contributed by atoms with Gasteiger partial charge < -0.3 is 5.11 Å². The summed E-state index contributed by atoms with van der Waals surface area (Å²) >= 11 is 1.24. The molecule has 2 N–H and O–H groups in total. The molecule has 0 saturated heterocycles. The van der Waals surface area contributed by atoms with E-state index in [2.05, 4.69) is 15.4 Å². The standard InChI is InChI=1S/C15H12N4O3S/c1-9-3-2-4-10(7-9)19-12(21)8-11(20)13(18-19)14(22)17-15-16-5-6-23-15/h2-8,20H,1H3,(H,16,17,22). The van der Waals surface area contributed by atoms with Crippen LogP contribution in [0.1, 0.15) is 16.1 Å². The van der Waals surface area contributed by atoms with Crippen LogP contribution in [0.25, 0.3) is 5.69 Å². The third kappa shape index (κ3) is 3.11. The van der Waals surface area contributed by atoms with E-state index < -0.39 is 17.2 Å². The van der Waals surface area contributed by atoms with Crippen LogP contribution in [0.3, 0.4) is 0 Å². The average molecular weight is 328 g/mol. The Balaban J connectivity index is 2.03. The number of carbonyl (C=O) groups is 1. The van der Waals surface area contributed by atoms with E-state index in [-0.39, 0.29) is 5.69 Å². The molecule has 23 heavy (non-hydrogen) atoms. The summed E-state index contributed by atoms with van der Waals surface area (Å²) in [5.41, 5.74) is 0.677. The summed E-state index contributed by atoms with van der Waals surface area (Å²) in [5.74, 6) is -1.12. The second kappa shape index (κ2) is 6.01. The molecule has 0 spiro atoms. The van der Waals surface area contributed by atoms with Crippen LogP contribution in [0.2, 0.25) is 0 Å². The number of aromatic nitrogens is 3. The van der Waals surface area contributed by atoms with E-state index in [1.807, 2.05) is 13.0 Å². The summed E-state index contributed by atoms with van der Waals surface area (Å²) in [6, 6.07) is 8.08. The number of anilines is 1. The zero-order valence-electron chi connectivity index (χ0n) is 12.1. The number of rotatable bonds is 3. The fraction of sp³-hybridized carbons (Fsp3) is 0.0667. The molecule has 1 amide bonds. The molecule has 0 saturated carbocycles. The van der Waals surface area contributed by atoms with Crippen molar-refractivity contribution in [2.24, 2.45) is 0 Å². The van der Waals surface area contributed by atoms with E-state index in [4.69, 9.17) is 0 Å². The minimum Gasteiger partial charge on any atom is -0.505 e. The molecular weight excluding hydrogens is 316 g/mol. The quantitative estimate of drug-likeness (QED) is 0.766. The number of carbonyl (C=O) groups excluding carboxylic acids is 1. The van der Waals surface area contributed by atoms with Crippen molar-refractivity contribution in [3.05, 3.63) is 63.5 Å². The lowest BCUT2D eigenvalue weighted by atomic mass is 10.2. The van der Waals surface area contributed by atoms with Gasteiger partial charge in [0.05, 0.1) is 5.69 Å². The topological polar surface area (TPSA) is 97.1 Å². The summed E-state index contributed by atoms with van der Waals surface area (Å²) in [5, 5.41) is 18.4. The summed E-state index contributed by atoms with van der Waals surface area (Å²) in [4.78, 5) is 28.2. The summed E-state index contributed by atoms with van der Waals surface area (Å²) < 4.78 is 1.07. The number of benzene rings is 1. The van der Waals surface area contributed by atoms with Gasteiger partial charge in [0.15, 0.2) is 16.6 Å². The van der Waals surface area contributed by atoms with Crippen molar-refractivity contribution in [2.45, 2.75) is 6.92 Å². The van der Waals surface area contributed by atoms with E-state index in [1.165, 1.54) is 11.3 Å². The third-order valence-corrected chi connectivity index (χ3v) is 3.71. The number of hydrogen-bond acceptors (Lipinski definition) is 6. The van der Waals surface area contributed by atoms with Crippen LogP contribution in [0.5, 0.6) is 5.75 Å². The van der Waals surface area contributed by atoms with Gasteiger partial charge in [-0.15, -0.1) is 11.3 Å². The Morgan fingerprint density at radius 2 is 2.17 bits per heavy atom. The van der Waals surface area contributed by atoms with Crippen molar-refractivity contribution in [1.82, 2.24) is 14.8 Å². The van der Waals surface area contributed by atoms with Gasteiger partial charge in [-0.25, -0.2) is 4.98 Å². The molecule has 8 heteroatoms. The number of thiazole rings is 1. The molecule has 116 valence electrons. The van der Waals surface area contributed by atoms with Gasteiger partial charge >= 0.3 is 0 Å². The Bertz CT molecular complexity index is 919. The van der Waals surface area contributed by atoms with E-state index in [1.54, 1.807) is 29.8 Å². The van der Waals surface area contributed by atoms with Crippen molar-refractivity contribution in [3.63, 3.8) is 0 Å². The zero-order chi connectivity index (χ0) is 16.4. The number of nitrogens with one attached hydrogen (secondary N) is 1. The molecule has 0 fully saturated rings. The lowest BCUT2D eigenvalue weighted by Crippen LogP contribution is -2.25. The van der Waals surface area contributed by atoms with Crippen LogP contribution in [0, 0.1) is 6.92 Å². The van der Waals surface area contributed by atoms with Crippen LogP contribution < -0.4 is 10.9 Å². The maximum Gasteiger partial charge on any atom is 0.281 e. The fourth-order valence-corrected chi connectivity index (χ4v) is 2.52. The predicted molar refractivity (Wildman–Crippen MR) is 86.3 cm³/mol. The smallest absolute Gasteiger partial charge is 0.281 e. The molecule has 0 bridgehead atoms. The fourth-order valence-electron chi connectivity index (χ4n) is 1.99. The van der Waals surface area contributed by atoms with E-state index >= 15 is 0 Å². The first-order valence-electron chi connectivity index (χ1n) is 6.66. The maximum absolute atomic E-state index is 12.2. The highest BCUT2D eigenvalue weighted by Crippen LogP contribution is 2.17. The Morgan fingerprint density at radius 1 is 1.35 bits per heavy atom. The number of aromatic hydroxyl groups is 1. The van der Waals surface area contributed by atoms with Crippen LogP contribution in [-0.2, 0) is 0 Å². The van der Waals surface area contributed by atoms with Crippen LogP contribution in [0.15, 0.2) is 46.7 Å². The molecule has 0 aliphatic heterocycles. The first kappa shape index (κ1) is 14.9. The Kier molecular flexibility index (Phi) is 3.90. The molecule has 2 aromatic heterocycles. The van der Waals surface area contributed by atoms with Gasteiger partial charge in [-0.3, -0.25) is 14.9 Å². The van der Waals surface area contributed by atoms with Crippen molar-refractivity contribution in [2.75, 3.05) is 5.32 Å². The molecule has 3 rings (SSSR count). The predicted octanol–water partition coefficient (Wildman–Crippen LogP) is 1.96. The molecule has 1 aromatic carbocycles. The Morgan fingerprint density at radius 3 is 2.87 bits per heavy atom. The highest BCUT2D eigenvalue weighted by atomic mass is 32.1. The molecule has 2 heterocycles. The Labute approximate surface area is 134 Å². The molecule has 7 nitrogen and oxygen atoms in total. The first-order valence-corrected chi connectivity index (χ1v) is 7.54. The molecule has 3 aromatic rings. The van der Waals surface area contributed by atoms with Gasteiger partial charge in [-0.1, -0.05) is 12.1 Å².